The average molecular weight is 741 g/mol. The van der Waals surface area contributed by atoms with Crippen LogP contribution in [0, 0.1) is 5.41 Å². The quantitative estimate of drug-likeness (QED) is 0.0840. The molecule has 0 radical (unpaired) electrons. The lowest BCUT2D eigenvalue weighted by Gasteiger charge is -2.46. The predicted octanol–water partition coefficient (Wildman–Crippen LogP) is 3.33. The molecule has 0 amide bonds. The third-order valence-corrected chi connectivity index (χ3v) is 10.4. The highest BCUT2D eigenvalue weighted by molar-refractivity contribution is 5.68. The molecule has 0 spiro atoms. The van der Waals surface area contributed by atoms with E-state index in [4.69, 9.17) is 24.7 Å². The summed E-state index contributed by atoms with van der Waals surface area (Å²) < 4.78 is 24.1. The number of aromatic hydroxyl groups is 2. The highest BCUT2D eigenvalue weighted by atomic mass is 16.5. The van der Waals surface area contributed by atoms with Crippen LogP contribution < -0.4 is 35.9 Å². The van der Waals surface area contributed by atoms with Crippen molar-refractivity contribution in [2.45, 2.75) is 102 Å². The van der Waals surface area contributed by atoms with Gasteiger partial charge in [-0.15, -0.1) is 0 Å². The van der Waals surface area contributed by atoms with Crippen LogP contribution in [0.5, 0.6) is 28.7 Å². The fraction of sp³-hybridized carbons (Fsp3) is 0.564. The van der Waals surface area contributed by atoms with Crippen LogP contribution in [0.2, 0.25) is 0 Å². The van der Waals surface area contributed by atoms with Gasteiger partial charge in [-0.25, -0.2) is 0 Å². The van der Waals surface area contributed by atoms with Gasteiger partial charge in [0, 0.05) is 37.0 Å². The van der Waals surface area contributed by atoms with Gasteiger partial charge in [-0.05, 0) is 99.4 Å². The molecule has 0 aromatic heterocycles. The fourth-order valence-corrected chi connectivity index (χ4v) is 7.60. The number of aliphatic hydroxyl groups is 2. The standard InChI is InChI=1S/C39H56N4O10/c1-23-8-10-39(19-37(47)48,18-26-9-11-42-36(40)13-26)35(43-23)21-51-34-15-27(14-33(50-3)38(34)49)31-17-28(45)16-29(53-31)6-4-25-5-7-30(46)32(12-25)52-22-41-20-24(2)44/h5,7,9,12-15,23-24,28-29,31,35,41-46,49H,4,6,8,10-11,16-22,40H2,1-3H3,(H,47,48). The summed E-state index contributed by atoms with van der Waals surface area (Å²) in [5.41, 5.74) is 7.95. The van der Waals surface area contributed by atoms with Gasteiger partial charge in [-0.2, -0.15) is 0 Å². The number of aliphatic carboxylic acids is 1. The number of hydrogen-bond donors (Lipinski definition) is 9. The molecule has 7 atom stereocenters. The van der Waals surface area contributed by atoms with Crippen LogP contribution in [0.1, 0.15) is 76.0 Å². The molecule has 7 unspecified atom stereocenters. The van der Waals surface area contributed by atoms with Gasteiger partial charge in [0.05, 0.1) is 43.8 Å². The first-order valence-corrected chi connectivity index (χ1v) is 18.4. The molecule has 0 bridgehead atoms. The number of carbonyl (C=O) groups is 1. The third kappa shape index (κ3) is 10.9. The van der Waals surface area contributed by atoms with Crippen molar-refractivity contribution in [3.8, 4) is 28.7 Å². The fourth-order valence-electron chi connectivity index (χ4n) is 7.60. The predicted molar refractivity (Wildman–Crippen MR) is 198 cm³/mol. The van der Waals surface area contributed by atoms with Gasteiger partial charge >= 0.3 is 5.97 Å². The van der Waals surface area contributed by atoms with E-state index in [0.29, 0.717) is 68.7 Å². The minimum absolute atomic E-state index is 0.0131. The molecular weight excluding hydrogens is 684 g/mol. The van der Waals surface area contributed by atoms with Gasteiger partial charge in [-0.1, -0.05) is 12.1 Å². The lowest BCUT2D eigenvalue weighted by molar-refractivity contribution is -0.141. The Kier molecular flexibility index (Phi) is 13.7. The van der Waals surface area contributed by atoms with Crippen LogP contribution in [0.15, 0.2) is 53.9 Å². The Balaban J connectivity index is 1.29. The molecule has 53 heavy (non-hydrogen) atoms. The number of allylic oxidation sites excluding steroid dienone is 2. The number of rotatable bonds is 17. The second kappa shape index (κ2) is 18.2. The Morgan fingerprint density at radius 1 is 1.15 bits per heavy atom. The first-order valence-electron chi connectivity index (χ1n) is 18.4. The summed E-state index contributed by atoms with van der Waals surface area (Å²) in [4.78, 5) is 12.3. The van der Waals surface area contributed by atoms with E-state index in [1.165, 1.54) is 7.11 Å². The molecule has 3 aliphatic heterocycles. The molecule has 3 heterocycles. The number of nitrogens with two attached hydrogens (primary N) is 1. The minimum atomic E-state index is -0.896. The van der Waals surface area contributed by atoms with Crippen molar-refractivity contribution in [3.63, 3.8) is 0 Å². The van der Waals surface area contributed by atoms with Crippen molar-refractivity contribution in [2.24, 2.45) is 11.1 Å². The summed E-state index contributed by atoms with van der Waals surface area (Å²) in [6.45, 7) is 4.89. The van der Waals surface area contributed by atoms with Gasteiger partial charge < -0.3 is 60.8 Å². The van der Waals surface area contributed by atoms with E-state index in [2.05, 4.69) is 22.9 Å². The van der Waals surface area contributed by atoms with Crippen molar-refractivity contribution in [1.29, 1.82) is 0 Å². The maximum Gasteiger partial charge on any atom is 0.303 e. The molecule has 10 N–H and O–H groups in total. The van der Waals surface area contributed by atoms with Crippen molar-refractivity contribution in [1.82, 2.24) is 16.0 Å². The van der Waals surface area contributed by atoms with Crippen LogP contribution in [0.25, 0.3) is 0 Å². The van der Waals surface area contributed by atoms with E-state index in [-0.39, 0.29) is 60.9 Å². The Bertz CT molecular complexity index is 1620. The van der Waals surface area contributed by atoms with E-state index in [1.807, 2.05) is 18.2 Å². The molecule has 2 fully saturated rings. The summed E-state index contributed by atoms with van der Waals surface area (Å²) in [5, 5.41) is 61.5. The summed E-state index contributed by atoms with van der Waals surface area (Å²) >= 11 is 0. The molecule has 14 heteroatoms. The van der Waals surface area contributed by atoms with Crippen molar-refractivity contribution < 1.29 is 49.3 Å². The highest BCUT2D eigenvalue weighted by Gasteiger charge is 2.45. The minimum Gasteiger partial charge on any atom is -0.504 e. The molecular formula is C39H56N4O10. The van der Waals surface area contributed by atoms with Crippen LogP contribution in [0.3, 0.4) is 0 Å². The maximum absolute atomic E-state index is 12.3. The van der Waals surface area contributed by atoms with Gasteiger partial charge in [0.25, 0.3) is 0 Å². The van der Waals surface area contributed by atoms with Gasteiger partial charge in [-0.3, -0.25) is 10.1 Å². The van der Waals surface area contributed by atoms with Crippen LogP contribution in [-0.4, -0.2) is 95.4 Å². The van der Waals surface area contributed by atoms with Gasteiger partial charge in [0.15, 0.2) is 23.0 Å². The highest BCUT2D eigenvalue weighted by Crippen LogP contribution is 2.46. The Morgan fingerprint density at radius 2 is 1.94 bits per heavy atom. The lowest BCUT2D eigenvalue weighted by Crippen LogP contribution is -2.57. The van der Waals surface area contributed by atoms with Gasteiger partial charge in [0.2, 0.25) is 5.75 Å². The number of phenolic OH excluding ortho intramolecular Hbond substituents is 2. The lowest BCUT2D eigenvalue weighted by atomic mass is 9.66. The SMILES string of the molecule is COc1cc(C2CC(O)CC(CCc3ccc(O)c(OCNCC(C)O)c3)O2)cc(OCC2NC(C)CCC2(CC(=O)O)CC2=CCNC(N)=C2)c1O. The molecule has 2 saturated heterocycles. The van der Waals surface area contributed by atoms with E-state index in [9.17, 15) is 30.3 Å². The molecule has 3 aliphatic rings. The Labute approximate surface area is 311 Å². The topological polar surface area (TPSA) is 217 Å². The summed E-state index contributed by atoms with van der Waals surface area (Å²) in [5.74, 6) is 0.177. The zero-order valence-electron chi connectivity index (χ0n) is 30.8. The first-order chi connectivity index (χ1) is 25.3. The van der Waals surface area contributed by atoms with Crippen molar-refractivity contribution in [2.75, 3.05) is 33.5 Å². The van der Waals surface area contributed by atoms with E-state index in [1.54, 1.807) is 31.2 Å². The number of piperidine rings is 1. The number of aryl methyl sites for hydroxylation is 1. The van der Waals surface area contributed by atoms with E-state index >= 15 is 0 Å². The van der Waals surface area contributed by atoms with E-state index in [0.717, 1.165) is 17.6 Å². The van der Waals surface area contributed by atoms with Crippen molar-refractivity contribution >= 4 is 5.97 Å². The Hall–Kier alpha value is -4.21. The summed E-state index contributed by atoms with van der Waals surface area (Å²) in [6.07, 6.45) is 5.84. The van der Waals surface area contributed by atoms with Crippen molar-refractivity contribution in [3.05, 3.63) is 65.0 Å². The third-order valence-electron chi connectivity index (χ3n) is 10.4. The number of benzene rings is 2. The summed E-state index contributed by atoms with van der Waals surface area (Å²) in [7, 11) is 1.45. The summed E-state index contributed by atoms with van der Waals surface area (Å²) in [6, 6.07) is 8.34. The molecule has 5 rings (SSSR count). The van der Waals surface area contributed by atoms with Crippen LogP contribution in [-0.2, 0) is 16.0 Å². The largest absolute Gasteiger partial charge is 0.504 e. The van der Waals surface area contributed by atoms with Crippen LogP contribution >= 0.6 is 0 Å². The molecule has 0 aliphatic carbocycles. The molecule has 292 valence electrons. The monoisotopic (exact) mass is 740 g/mol. The molecule has 2 aromatic carbocycles. The first kappa shape index (κ1) is 40.0. The van der Waals surface area contributed by atoms with E-state index < -0.39 is 29.7 Å². The Morgan fingerprint density at radius 3 is 2.68 bits per heavy atom. The molecule has 14 nitrogen and oxygen atoms in total. The smallest absolute Gasteiger partial charge is 0.303 e. The molecule has 0 saturated carbocycles. The number of phenols is 2. The maximum atomic E-state index is 12.3. The number of ether oxygens (including phenoxy) is 4. The number of dihydropyridines is 1. The van der Waals surface area contributed by atoms with Crippen LogP contribution in [0.4, 0.5) is 0 Å². The number of aliphatic hydroxyl groups excluding tert-OH is 2. The number of carboxylic acids is 1. The second-order valence-corrected chi connectivity index (χ2v) is 14.7. The zero-order valence-corrected chi connectivity index (χ0v) is 30.8. The second-order valence-electron chi connectivity index (χ2n) is 14.7. The molecule has 2 aromatic rings. The normalized spacial score (nSPS) is 26.5. The number of carboxylic acid groups (broad SMARTS) is 1. The average Bonchev–Trinajstić information content (AvgIpc) is 3.10. The van der Waals surface area contributed by atoms with Gasteiger partial charge in [0.1, 0.15) is 13.3 Å². The number of methoxy groups -OCH3 is 1. The number of nitrogens with one attached hydrogen (secondary N) is 3. The zero-order chi connectivity index (χ0) is 38.1. The number of hydrogen-bond acceptors (Lipinski definition) is 13.